The van der Waals surface area contributed by atoms with Gasteiger partial charge in [-0.05, 0) is 31.5 Å². The van der Waals surface area contributed by atoms with Crippen LogP contribution >= 0.6 is 0 Å². The molecule has 0 aliphatic rings. The molecule has 68 valence electrons. The van der Waals surface area contributed by atoms with Crippen molar-refractivity contribution in [2.45, 2.75) is 13.8 Å². The molecule has 0 atom stereocenters. The van der Waals surface area contributed by atoms with Crippen LogP contribution in [-0.4, -0.2) is 9.78 Å². The average Bonchev–Trinajstić information content (AvgIpc) is 2.31. The SMILES string of the molecule is Cc1cc2c(cc1F)c(C)nn2C. The molecule has 0 amide bonds. The molecule has 3 heteroatoms. The molecule has 0 radical (unpaired) electrons. The van der Waals surface area contributed by atoms with Gasteiger partial charge in [0.05, 0.1) is 11.2 Å². The third-order valence-electron chi connectivity index (χ3n) is 2.32. The molecular formula is C10H11FN2. The molecule has 2 rings (SSSR count). The van der Waals surface area contributed by atoms with Crippen LogP contribution in [-0.2, 0) is 7.05 Å². The first-order valence-corrected chi connectivity index (χ1v) is 4.19. The number of aromatic nitrogens is 2. The summed E-state index contributed by atoms with van der Waals surface area (Å²) in [6.45, 7) is 3.65. The molecule has 13 heavy (non-hydrogen) atoms. The predicted octanol–water partition coefficient (Wildman–Crippen LogP) is 2.33. The maximum atomic E-state index is 13.2. The average molecular weight is 178 g/mol. The second-order valence-corrected chi connectivity index (χ2v) is 3.33. The molecular weight excluding hydrogens is 167 g/mol. The normalized spacial score (nSPS) is 11.1. The number of halogens is 1. The number of rotatable bonds is 0. The summed E-state index contributed by atoms with van der Waals surface area (Å²) < 4.78 is 15.0. The second-order valence-electron chi connectivity index (χ2n) is 3.33. The van der Waals surface area contributed by atoms with E-state index in [0.29, 0.717) is 5.56 Å². The largest absolute Gasteiger partial charge is 0.268 e. The van der Waals surface area contributed by atoms with Crippen LogP contribution in [0.3, 0.4) is 0 Å². The van der Waals surface area contributed by atoms with E-state index in [1.165, 1.54) is 0 Å². The van der Waals surface area contributed by atoms with Crippen molar-refractivity contribution in [1.29, 1.82) is 0 Å². The van der Waals surface area contributed by atoms with Gasteiger partial charge in [0, 0.05) is 12.4 Å². The summed E-state index contributed by atoms with van der Waals surface area (Å²) in [5, 5.41) is 5.12. The van der Waals surface area contributed by atoms with Gasteiger partial charge in [0.25, 0.3) is 0 Å². The van der Waals surface area contributed by atoms with Crippen LogP contribution in [0.5, 0.6) is 0 Å². The van der Waals surface area contributed by atoms with E-state index in [0.717, 1.165) is 16.6 Å². The molecule has 2 aromatic rings. The van der Waals surface area contributed by atoms with Crippen molar-refractivity contribution in [2.75, 3.05) is 0 Å². The quantitative estimate of drug-likeness (QED) is 0.605. The lowest BCUT2D eigenvalue weighted by Gasteiger charge is -1.97. The number of aryl methyl sites for hydroxylation is 3. The summed E-state index contributed by atoms with van der Waals surface area (Å²) >= 11 is 0. The van der Waals surface area contributed by atoms with Gasteiger partial charge in [-0.3, -0.25) is 4.68 Å². The van der Waals surface area contributed by atoms with Gasteiger partial charge < -0.3 is 0 Å². The summed E-state index contributed by atoms with van der Waals surface area (Å²) in [7, 11) is 1.87. The van der Waals surface area contributed by atoms with Crippen LogP contribution in [0.1, 0.15) is 11.3 Å². The van der Waals surface area contributed by atoms with Crippen molar-refractivity contribution in [3.05, 3.63) is 29.2 Å². The summed E-state index contributed by atoms with van der Waals surface area (Å²) in [4.78, 5) is 0. The number of fused-ring (bicyclic) bond motifs is 1. The van der Waals surface area contributed by atoms with Crippen molar-refractivity contribution < 1.29 is 4.39 Å². The first-order valence-electron chi connectivity index (χ1n) is 4.19. The van der Waals surface area contributed by atoms with E-state index in [4.69, 9.17) is 0 Å². The Kier molecular flexibility index (Phi) is 1.62. The molecule has 2 nitrogen and oxygen atoms in total. The van der Waals surface area contributed by atoms with E-state index >= 15 is 0 Å². The zero-order valence-electron chi connectivity index (χ0n) is 7.93. The van der Waals surface area contributed by atoms with E-state index in [9.17, 15) is 4.39 Å². The smallest absolute Gasteiger partial charge is 0.126 e. The monoisotopic (exact) mass is 178 g/mol. The minimum Gasteiger partial charge on any atom is -0.268 e. The fraction of sp³-hybridized carbons (Fsp3) is 0.300. The summed E-state index contributed by atoms with van der Waals surface area (Å²) in [5.41, 5.74) is 2.52. The van der Waals surface area contributed by atoms with Crippen LogP contribution in [0.15, 0.2) is 12.1 Å². The molecule has 1 aromatic carbocycles. The lowest BCUT2D eigenvalue weighted by molar-refractivity contribution is 0.620. The standard InChI is InChI=1S/C10H11FN2/c1-6-4-10-8(5-9(6)11)7(2)12-13(10)3/h4-5H,1-3H3. The molecule has 0 unspecified atom stereocenters. The summed E-state index contributed by atoms with van der Waals surface area (Å²) in [5.74, 6) is -0.163. The molecule has 0 N–H and O–H groups in total. The maximum Gasteiger partial charge on any atom is 0.126 e. The highest BCUT2D eigenvalue weighted by molar-refractivity contribution is 5.82. The zero-order chi connectivity index (χ0) is 9.59. The Morgan fingerprint density at radius 1 is 1.31 bits per heavy atom. The van der Waals surface area contributed by atoms with Crippen LogP contribution in [0.2, 0.25) is 0 Å². The van der Waals surface area contributed by atoms with Crippen molar-refractivity contribution in [3.63, 3.8) is 0 Å². The Balaban J connectivity index is 2.91. The van der Waals surface area contributed by atoms with Gasteiger partial charge in [-0.15, -0.1) is 0 Å². The fourth-order valence-electron chi connectivity index (χ4n) is 1.56. The van der Waals surface area contributed by atoms with Crippen molar-refractivity contribution >= 4 is 10.9 Å². The molecule has 0 aliphatic heterocycles. The Bertz CT molecular complexity index is 429. The molecule has 1 heterocycles. The lowest BCUT2D eigenvalue weighted by atomic mass is 10.1. The van der Waals surface area contributed by atoms with Crippen LogP contribution in [0.4, 0.5) is 4.39 Å². The predicted molar refractivity (Wildman–Crippen MR) is 50.1 cm³/mol. The van der Waals surface area contributed by atoms with Gasteiger partial charge in [0.1, 0.15) is 5.82 Å². The number of hydrogen-bond donors (Lipinski definition) is 0. The maximum absolute atomic E-state index is 13.2. The van der Waals surface area contributed by atoms with Crippen molar-refractivity contribution in [3.8, 4) is 0 Å². The van der Waals surface area contributed by atoms with E-state index in [-0.39, 0.29) is 5.82 Å². The van der Waals surface area contributed by atoms with E-state index in [2.05, 4.69) is 5.10 Å². The van der Waals surface area contributed by atoms with Gasteiger partial charge in [-0.2, -0.15) is 5.10 Å². The van der Waals surface area contributed by atoms with Gasteiger partial charge in [0.15, 0.2) is 0 Å². The fourth-order valence-corrected chi connectivity index (χ4v) is 1.56. The van der Waals surface area contributed by atoms with E-state index < -0.39 is 0 Å². The first kappa shape index (κ1) is 8.23. The lowest BCUT2D eigenvalue weighted by Crippen LogP contribution is -1.90. The van der Waals surface area contributed by atoms with Crippen molar-refractivity contribution in [1.82, 2.24) is 9.78 Å². The van der Waals surface area contributed by atoms with Crippen LogP contribution in [0, 0.1) is 19.7 Å². The van der Waals surface area contributed by atoms with Gasteiger partial charge in [-0.1, -0.05) is 0 Å². The summed E-state index contributed by atoms with van der Waals surface area (Å²) in [6.07, 6.45) is 0. The van der Waals surface area contributed by atoms with E-state index in [1.54, 1.807) is 17.7 Å². The topological polar surface area (TPSA) is 17.8 Å². The Morgan fingerprint density at radius 2 is 2.00 bits per heavy atom. The van der Waals surface area contributed by atoms with Crippen LogP contribution in [0.25, 0.3) is 10.9 Å². The summed E-state index contributed by atoms with van der Waals surface area (Å²) in [6, 6.07) is 3.37. The van der Waals surface area contributed by atoms with Gasteiger partial charge in [0.2, 0.25) is 0 Å². The number of nitrogens with zero attached hydrogens (tertiary/aromatic N) is 2. The molecule has 1 aromatic heterocycles. The Morgan fingerprint density at radius 3 is 2.69 bits per heavy atom. The molecule has 0 bridgehead atoms. The number of hydrogen-bond acceptors (Lipinski definition) is 1. The van der Waals surface area contributed by atoms with Gasteiger partial charge in [-0.25, -0.2) is 4.39 Å². The highest BCUT2D eigenvalue weighted by Crippen LogP contribution is 2.20. The molecule has 0 saturated carbocycles. The minimum absolute atomic E-state index is 0.163. The molecule has 0 spiro atoms. The minimum atomic E-state index is -0.163. The third-order valence-corrected chi connectivity index (χ3v) is 2.32. The molecule has 0 saturated heterocycles. The third kappa shape index (κ3) is 1.11. The highest BCUT2D eigenvalue weighted by Gasteiger charge is 2.07. The van der Waals surface area contributed by atoms with Gasteiger partial charge >= 0.3 is 0 Å². The molecule has 0 fully saturated rings. The number of benzene rings is 1. The Labute approximate surface area is 76.0 Å². The van der Waals surface area contributed by atoms with Crippen molar-refractivity contribution in [2.24, 2.45) is 7.05 Å². The Hall–Kier alpha value is -1.38. The van der Waals surface area contributed by atoms with Crippen LogP contribution < -0.4 is 0 Å². The highest BCUT2D eigenvalue weighted by atomic mass is 19.1. The zero-order valence-corrected chi connectivity index (χ0v) is 7.93. The van der Waals surface area contributed by atoms with E-state index in [1.807, 2.05) is 20.0 Å². The second kappa shape index (κ2) is 2.55. The first-order chi connectivity index (χ1) is 6.09. The molecule has 0 aliphatic carbocycles.